The summed E-state index contributed by atoms with van der Waals surface area (Å²) in [7, 11) is 4.28. The zero-order chi connectivity index (χ0) is 19.2. The van der Waals surface area contributed by atoms with Gasteiger partial charge in [-0.3, -0.25) is 24.2 Å². The van der Waals surface area contributed by atoms with Gasteiger partial charge in [-0.15, -0.1) is 5.10 Å². The van der Waals surface area contributed by atoms with Gasteiger partial charge in [-0.25, -0.2) is 9.48 Å². The molecule has 1 spiro atoms. The summed E-state index contributed by atoms with van der Waals surface area (Å²) < 4.78 is 6.94. The van der Waals surface area contributed by atoms with Crippen LogP contribution in [-0.4, -0.2) is 70.2 Å². The summed E-state index contributed by atoms with van der Waals surface area (Å²) in [6, 6.07) is -1.10. The first-order valence-corrected chi connectivity index (χ1v) is 8.90. The lowest BCUT2D eigenvalue weighted by Gasteiger charge is -2.52. The Morgan fingerprint density at radius 1 is 1.04 bits per heavy atom. The van der Waals surface area contributed by atoms with Crippen molar-refractivity contribution in [1.29, 1.82) is 0 Å². The Labute approximate surface area is 154 Å². The number of hydrogen-bond donors (Lipinski definition) is 0. The van der Waals surface area contributed by atoms with Crippen LogP contribution in [0.2, 0.25) is 0 Å². The summed E-state index contributed by atoms with van der Waals surface area (Å²) in [5.41, 5.74) is -0.889. The van der Waals surface area contributed by atoms with Crippen LogP contribution in [0.5, 0.6) is 5.88 Å². The lowest BCUT2D eigenvalue weighted by Crippen LogP contribution is -2.71. The molecule has 2 fully saturated rings. The van der Waals surface area contributed by atoms with Crippen LogP contribution < -0.4 is 15.2 Å². The van der Waals surface area contributed by atoms with Crippen molar-refractivity contribution >= 4 is 23.5 Å². The standard InChI is InChI=1S/C17H19N5O5/c1-19-14(24)17(15(25)20(2)16(19)26)6-9-11-12(18-21(3)13(9)23)27-7-8-4-5-10(17)22(8)11/h8,10H,4-7H2,1-3H3/t8?,10-/m0/s1. The third-order valence-corrected chi connectivity index (χ3v) is 6.43. The highest BCUT2D eigenvalue weighted by Gasteiger charge is 2.66. The number of carbonyl (C=O) groups is 3. The van der Waals surface area contributed by atoms with Crippen LogP contribution >= 0.6 is 0 Å². The fraction of sp³-hybridized carbons (Fsp3) is 0.588. The van der Waals surface area contributed by atoms with E-state index in [-0.39, 0.29) is 18.0 Å². The molecule has 0 N–H and O–H groups in total. The molecule has 2 atom stereocenters. The number of imide groups is 2. The number of barbiturate groups is 1. The summed E-state index contributed by atoms with van der Waals surface area (Å²) in [5.74, 6) is -0.726. The van der Waals surface area contributed by atoms with E-state index in [0.29, 0.717) is 30.2 Å². The molecular weight excluding hydrogens is 354 g/mol. The lowest BCUT2D eigenvalue weighted by atomic mass is 9.68. The van der Waals surface area contributed by atoms with E-state index in [1.54, 1.807) is 0 Å². The number of anilines is 1. The number of amides is 4. The minimum atomic E-state index is -1.48. The SMILES string of the molecule is CN1C(=O)N(C)C(=O)C2(Cc3c4c(nn(C)c3=O)OCC3CC[C@@H]2N43)C1=O. The Morgan fingerprint density at radius 2 is 1.70 bits per heavy atom. The molecule has 27 heavy (non-hydrogen) atoms. The van der Waals surface area contributed by atoms with Crippen molar-refractivity contribution in [1.82, 2.24) is 19.6 Å². The predicted molar refractivity (Wildman–Crippen MR) is 91.3 cm³/mol. The lowest BCUT2D eigenvalue weighted by molar-refractivity contribution is -0.159. The fourth-order valence-electron chi connectivity index (χ4n) is 5.14. The van der Waals surface area contributed by atoms with Gasteiger partial charge in [0.25, 0.3) is 11.4 Å². The maximum atomic E-state index is 13.3. The van der Waals surface area contributed by atoms with Gasteiger partial charge in [0, 0.05) is 33.1 Å². The molecule has 4 amide bonds. The fourth-order valence-corrected chi connectivity index (χ4v) is 5.14. The smallest absolute Gasteiger partial charge is 0.332 e. The molecule has 0 aliphatic carbocycles. The van der Waals surface area contributed by atoms with Crippen LogP contribution in [0.3, 0.4) is 0 Å². The van der Waals surface area contributed by atoms with E-state index in [1.807, 2.05) is 4.90 Å². The highest BCUT2D eigenvalue weighted by molar-refractivity contribution is 6.20. The van der Waals surface area contributed by atoms with Crippen molar-refractivity contribution in [3.05, 3.63) is 15.9 Å². The van der Waals surface area contributed by atoms with E-state index in [4.69, 9.17) is 4.74 Å². The number of aromatic nitrogens is 2. The molecule has 0 aromatic carbocycles. The second kappa shape index (κ2) is 4.87. The molecule has 4 aliphatic rings. The molecule has 10 nitrogen and oxygen atoms in total. The van der Waals surface area contributed by atoms with Gasteiger partial charge < -0.3 is 9.64 Å². The number of hydrogen-bond acceptors (Lipinski definition) is 7. The van der Waals surface area contributed by atoms with Gasteiger partial charge >= 0.3 is 6.03 Å². The first kappa shape index (κ1) is 16.3. The highest BCUT2D eigenvalue weighted by Crippen LogP contribution is 2.53. The van der Waals surface area contributed by atoms with Gasteiger partial charge in [-0.1, -0.05) is 0 Å². The van der Waals surface area contributed by atoms with Crippen molar-refractivity contribution in [3.8, 4) is 5.88 Å². The molecule has 5 rings (SSSR count). The summed E-state index contributed by atoms with van der Waals surface area (Å²) in [6.07, 6.45) is 1.29. The first-order valence-electron chi connectivity index (χ1n) is 8.90. The number of aryl methyl sites for hydroxylation is 1. The van der Waals surface area contributed by atoms with Gasteiger partial charge in [0.15, 0.2) is 5.41 Å². The molecule has 1 unspecified atom stereocenters. The van der Waals surface area contributed by atoms with Crippen molar-refractivity contribution in [3.63, 3.8) is 0 Å². The Morgan fingerprint density at radius 3 is 2.37 bits per heavy atom. The van der Waals surface area contributed by atoms with E-state index in [9.17, 15) is 19.2 Å². The first-order chi connectivity index (χ1) is 12.8. The zero-order valence-electron chi connectivity index (χ0n) is 15.3. The third-order valence-electron chi connectivity index (χ3n) is 6.43. The quantitative estimate of drug-likeness (QED) is 0.543. The monoisotopic (exact) mass is 373 g/mol. The van der Waals surface area contributed by atoms with E-state index in [1.165, 1.54) is 25.8 Å². The van der Waals surface area contributed by atoms with Crippen molar-refractivity contribution in [2.24, 2.45) is 12.5 Å². The van der Waals surface area contributed by atoms with Crippen molar-refractivity contribution in [2.45, 2.75) is 31.3 Å². The molecule has 5 heterocycles. The third kappa shape index (κ3) is 1.68. The summed E-state index contributed by atoms with van der Waals surface area (Å²) in [6.45, 7) is 0.386. The topological polar surface area (TPSA) is 105 Å². The Bertz CT molecular complexity index is 961. The number of urea groups is 1. The highest BCUT2D eigenvalue weighted by atomic mass is 16.5. The minimum Gasteiger partial charge on any atom is -0.473 e. The largest absolute Gasteiger partial charge is 0.473 e. The molecule has 10 heteroatoms. The summed E-state index contributed by atoms with van der Waals surface area (Å²) in [4.78, 5) is 55.7. The number of carbonyl (C=O) groups excluding carboxylic acids is 3. The molecule has 2 saturated heterocycles. The number of nitrogens with zero attached hydrogens (tertiary/aromatic N) is 5. The molecule has 0 radical (unpaired) electrons. The zero-order valence-corrected chi connectivity index (χ0v) is 15.3. The van der Waals surface area contributed by atoms with Gasteiger partial charge in [0.05, 0.1) is 12.1 Å². The van der Waals surface area contributed by atoms with Gasteiger partial charge in [-0.05, 0) is 12.8 Å². The van der Waals surface area contributed by atoms with E-state index in [0.717, 1.165) is 16.2 Å². The molecule has 1 aromatic rings. The van der Waals surface area contributed by atoms with Crippen LogP contribution in [0.15, 0.2) is 4.79 Å². The van der Waals surface area contributed by atoms with E-state index in [2.05, 4.69) is 5.10 Å². The van der Waals surface area contributed by atoms with Gasteiger partial charge in [-0.2, -0.15) is 0 Å². The van der Waals surface area contributed by atoms with Crippen LogP contribution in [0.4, 0.5) is 10.5 Å². The molecular formula is C17H19N5O5. The normalized spacial score (nSPS) is 28.0. The average molecular weight is 373 g/mol. The van der Waals surface area contributed by atoms with E-state index >= 15 is 0 Å². The van der Waals surface area contributed by atoms with Crippen molar-refractivity contribution in [2.75, 3.05) is 25.6 Å². The maximum absolute atomic E-state index is 13.3. The second-order valence-corrected chi connectivity index (χ2v) is 7.69. The number of fused-ring (bicyclic) bond motifs is 1. The predicted octanol–water partition coefficient (Wildman–Crippen LogP) is -0.897. The molecule has 1 aromatic heterocycles. The minimum absolute atomic E-state index is 0.0267. The van der Waals surface area contributed by atoms with Crippen LogP contribution in [0.1, 0.15) is 18.4 Å². The maximum Gasteiger partial charge on any atom is 0.332 e. The van der Waals surface area contributed by atoms with Crippen LogP contribution in [-0.2, 0) is 23.1 Å². The second-order valence-electron chi connectivity index (χ2n) is 7.69. The summed E-state index contributed by atoms with van der Waals surface area (Å²) >= 11 is 0. The average Bonchev–Trinajstić information content (AvgIpc) is 3.10. The number of ether oxygens (including phenoxy) is 1. The molecule has 0 bridgehead atoms. The Kier molecular flexibility index (Phi) is 2.94. The van der Waals surface area contributed by atoms with Gasteiger partial charge in [0.2, 0.25) is 11.8 Å². The van der Waals surface area contributed by atoms with Crippen LogP contribution in [0.25, 0.3) is 0 Å². The van der Waals surface area contributed by atoms with Gasteiger partial charge in [0.1, 0.15) is 12.3 Å². The molecule has 0 saturated carbocycles. The molecule has 142 valence electrons. The summed E-state index contributed by atoms with van der Waals surface area (Å²) in [5, 5.41) is 4.21. The Balaban J connectivity index is 1.81. The number of rotatable bonds is 0. The van der Waals surface area contributed by atoms with Crippen LogP contribution in [0, 0.1) is 5.41 Å². The molecule has 4 aliphatic heterocycles. The van der Waals surface area contributed by atoms with E-state index < -0.39 is 29.3 Å². The Hall–Kier alpha value is -2.91. The van der Waals surface area contributed by atoms with Crippen molar-refractivity contribution < 1.29 is 19.1 Å².